The summed E-state index contributed by atoms with van der Waals surface area (Å²) in [5.41, 5.74) is -2.51. The van der Waals surface area contributed by atoms with Crippen molar-refractivity contribution in [2.45, 2.75) is 79.0 Å². The van der Waals surface area contributed by atoms with Crippen LogP contribution in [0.15, 0.2) is 10.2 Å². The number of rotatable bonds is 10. The Balaban J connectivity index is 4.86. The number of esters is 2. The number of carbonyl (C=O) groups is 2. The first-order chi connectivity index (χ1) is 11.0. The second-order valence-electron chi connectivity index (χ2n) is 6.17. The van der Waals surface area contributed by atoms with Crippen molar-refractivity contribution in [1.29, 1.82) is 0 Å². The molecule has 0 radical (unpaired) electrons. The zero-order valence-corrected chi connectivity index (χ0v) is 15.9. The maximum absolute atomic E-state index is 12.1. The highest BCUT2D eigenvalue weighted by atomic mass is 16.7. The first kappa shape index (κ1) is 22.5. The van der Waals surface area contributed by atoms with Gasteiger partial charge < -0.3 is 18.9 Å². The molecule has 140 valence electrons. The number of hydrogen-bond acceptors (Lipinski definition) is 8. The molecular formula is C16H30N2O6. The molecule has 2 unspecified atom stereocenters. The van der Waals surface area contributed by atoms with E-state index in [1.807, 2.05) is 0 Å². The Hall–Kier alpha value is -1.54. The van der Waals surface area contributed by atoms with E-state index in [0.717, 1.165) is 0 Å². The fourth-order valence-corrected chi connectivity index (χ4v) is 1.46. The Morgan fingerprint density at radius 1 is 0.792 bits per heavy atom. The maximum atomic E-state index is 12.1. The third kappa shape index (κ3) is 7.83. The molecule has 0 N–H and O–H groups in total. The molecule has 0 saturated carbocycles. The number of carbonyl (C=O) groups excluding carboxylic acids is 2. The number of nitrogens with zero attached hydrogens (tertiary/aromatic N) is 2. The van der Waals surface area contributed by atoms with Crippen LogP contribution < -0.4 is 0 Å². The Kier molecular flexibility index (Phi) is 9.06. The number of ether oxygens (including phenoxy) is 4. The number of hydrogen-bond donors (Lipinski definition) is 0. The summed E-state index contributed by atoms with van der Waals surface area (Å²) in [7, 11) is 0. The minimum Gasteiger partial charge on any atom is -0.434 e. The van der Waals surface area contributed by atoms with E-state index >= 15 is 0 Å². The summed E-state index contributed by atoms with van der Waals surface area (Å²) in [6.07, 6.45) is -1.36. The summed E-state index contributed by atoms with van der Waals surface area (Å²) >= 11 is 0. The molecule has 2 atom stereocenters. The molecule has 0 saturated heterocycles. The first-order valence-electron chi connectivity index (χ1n) is 8.05. The Bertz CT molecular complexity index is 408. The summed E-state index contributed by atoms with van der Waals surface area (Å²) in [6, 6.07) is 0. The average molecular weight is 346 g/mol. The highest BCUT2D eigenvalue weighted by Gasteiger charge is 2.35. The largest absolute Gasteiger partial charge is 0.434 e. The normalized spacial score (nSPS) is 15.2. The van der Waals surface area contributed by atoms with Crippen LogP contribution in [0, 0.1) is 0 Å². The van der Waals surface area contributed by atoms with Crippen molar-refractivity contribution in [2.24, 2.45) is 10.2 Å². The van der Waals surface area contributed by atoms with Crippen molar-refractivity contribution in [3.05, 3.63) is 0 Å². The molecule has 24 heavy (non-hydrogen) atoms. The predicted molar refractivity (Wildman–Crippen MR) is 87.4 cm³/mol. The molecule has 0 aromatic carbocycles. The van der Waals surface area contributed by atoms with Gasteiger partial charge in [-0.3, -0.25) is 0 Å². The Morgan fingerprint density at radius 2 is 1.08 bits per heavy atom. The van der Waals surface area contributed by atoms with Crippen molar-refractivity contribution in [3.8, 4) is 0 Å². The second-order valence-corrected chi connectivity index (χ2v) is 6.17. The standard InChI is InChI=1S/C16H30N2O6/c1-9-21-11(3)23-13(19)15(5,6)17-18-16(7,8)14(20)24-12(4)22-10-2/h11-12H,9-10H2,1-8H3/b18-17-. The van der Waals surface area contributed by atoms with Crippen molar-refractivity contribution >= 4 is 11.9 Å². The second kappa shape index (κ2) is 9.68. The lowest BCUT2D eigenvalue weighted by Gasteiger charge is -2.23. The topological polar surface area (TPSA) is 95.8 Å². The van der Waals surface area contributed by atoms with Gasteiger partial charge >= 0.3 is 11.9 Å². The van der Waals surface area contributed by atoms with E-state index in [4.69, 9.17) is 18.9 Å². The number of azo groups is 1. The van der Waals surface area contributed by atoms with Gasteiger partial charge in [0.15, 0.2) is 23.7 Å². The molecule has 0 heterocycles. The minimum atomic E-state index is -1.26. The zero-order valence-electron chi connectivity index (χ0n) is 15.9. The summed E-state index contributed by atoms with van der Waals surface area (Å²) in [5, 5.41) is 7.94. The lowest BCUT2D eigenvalue weighted by molar-refractivity contribution is -0.181. The molecular weight excluding hydrogens is 316 g/mol. The highest BCUT2D eigenvalue weighted by Crippen LogP contribution is 2.20. The Morgan fingerprint density at radius 3 is 1.33 bits per heavy atom. The fourth-order valence-electron chi connectivity index (χ4n) is 1.46. The molecule has 0 spiro atoms. The highest BCUT2D eigenvalue weighted by molar-refractivity contribution is 5.81. The van der Waals surface area contributed by atoms with E-state index in [1.165, 1.54) is 0 Å². The third-order valence-corrected chi connectivity index (χ3v) is 2.90. The summed E-state index contributed by atoms with van der Waals surface area (Å²) < 4.78 is 20.6. The quantitative estimate of drug-likeness (QED) is 0.343. The van der Waals surface area contributed by atoms with Crippen LogP contribution in [0.4, 0.5) is 0 Å². The first-order valence-corrected chi connectivity index (χ1v) is 8.05. The maximum Gasteiger partial charge on any atom is 0.337 e. The van der Waals surface area contributed by atoms with Gasteiger partial charge in [0, 0.05) is 13.2 Å². The van der Waals surface area contributed by atoms with E-state index in [1.54, 1.807) is 55.4 Å². The van der Waals surface area contributed by atoms with Gasteiger partial charge in [-0.05, 0) is 55.4 Å². The van der Waals surface area contributed by atoms with E-state index in [2.05, 4.69) is 10.2 Å². The molecule has 0 aliphatic carbocycles. The van der Waals surface area contributed by atoms with Crippen LogP contribution in [0.25, 0.3) is 0 Å². The monoisotopic (exact) mass is 346 g/mol. The zero-order chi connectivity index (χ0) is 19.0. The third-order valence-electron chi connectivity index (χ3n) is 2.90. The van der Waals surface area contributed by atoms with Crippen molar-refractivity contribution in [3.63, 3.8) is 0 Å². The SMILES string of the molecule is CCOC(C)OC(=O)C(C)(C)/N=N\C(C)(C)C(=O)OC(C)OCC. The van der Waals surface area contributed by atoms with Crippen LogP contribution >= 0.6 is 0 Å². The molecule has 0 amide bonds. The Labute approximate surface area is 143 Å². The molecule has 0 aromatic rings. The summed E-state index contributed by atoms with van der Waals surface area (Å²) in [6.45, 7) is 13.8. The van der Waals surface area contributed by atoms with Crippen LogP contribution in [0.2, 0.25) is 0 Å². The molecule has 0 fully saturated rings. The molecule has 0 rings (SSSR count). The van der Waals surface area contributed by atoms with Crippen LogP contribution in [-0.2, 0) is 28.5 Å². The molecule has 0 aliphatic rings. The average Bonchev–Trinajstić information content (AvgIpc) is 2.45. The molecule has 0 aliphatic heterocycles. The molecule has 0 bridgehead atoms. The smallest absolute Gasteiger partial charge is 0.337 e. The van der Waals surface area contributed by atoms with E-state index in [0.29, 0.717) is 13.2 Å². The van der Waals surface area contributed by atoms with Gasteiger partial charge in [0.2, 0.25) is 0 Å². The lowest BCUT2D eigenvalue weighted by atomic mass is 10.1. The van der Waals surface area contributed by atoms with Crippen LogP contribution in [-0.4, -0.2) is 48.8 Å². The molecule has 0 aromatic heterocycles. The van der Waals surface area contributed by atoms with E-state index in [9.17, 15) is 9.59 Å². The van der Waals surface area contributed by atoms with Gasteiger partial charge in [-0.1, -0.05) is 0 Å². The van der Waals surface area contributed by atoms with Gasteiger partial charge in [0.25, 0.3) is 0 Å². The summed E-state index contributed by atoms with van der Waals surface area (Å²) in [4.78, 5) is 24.2. The van der Waals surface area contributed by atoms with Gasteiger partial charge in [-0.25, -0.2) is 9.59 Å². The van der Waals surface area contributed by atoms with Gasteiger partial charge in [-0.15, -0.1) is 0 Å². The molecule has 8 heteroatoms. The lowest BCUT2D eigenvalue weighted by Crippen LogP contribution is -2.37. The van der Waals surface area contributed by atoms with Crippen molar-refractivity contribution in [1.82, 2.24) is 0 Å². The van der Waals surface area contributed by atoms with E-state index < -0.39 is 35.6 Å². The predicted octanol–water partition coefficient (Wildman–Crippen LogP) is 2.85. The van der Waals surface area contributed by atoms with Crippen molar-refractivity contribution < 1.29 is 28.5 Å². The van der Waals surface area contributed by atoms with E-state index in [-0.39, 0.29) is 0 Å². The van der Waals surface area contributed by atoms with Crippen LogP contribution in [0.1, 0.15) is 55.4 Å². The fraction of sp³-hybridized carbons (Fsp3) is 0.875. The van der Waals surface area contributed by atoms with Crippen molar-refractivity contribution in [2.75, 3.05) is 13.2 Å². The van der Waals surface area contributed by atoms with Crippen LogP contribution in [0.5, 0.6) is 0 Å². The minimum absolute atomic E-state index is 0.424. The summed E-state index contributed by atoms with van der Waals surface area (Å²) in [5.74, 6) is -1.20. The van der Waals surface area contributed by atoms with Gasteiger partial charge in [-0.2, -0.15) is 10.2 Å². The van der Waals surface area contributed by atoms with Gasteiger partial charge in [0.05, 0.1) is 0 Å². The molecule has 8 nitrogen and oxygen atoms in total. The van der Waals surface area contributed by atoms with Crippen LogP contribution in [0.3, 0.4) is 0 Å². The van der Waals surface area contributed by atoms with Gasteiger partial charge in [0.1, 0.15) is 0 Å².